The van der Waals surface area contributed by atoms with Crippen molar-refractivity contribution in [2.75, 3.05) is 0 Å². The molecule has 0 bridgehead atoms. The van der Waals surface area contributed by atoms with Crippen molar-refractivity contribution in [1.82, 2.24) is 0 Å². The average Bonchev–Trinajstić information content (AvgIpc) is 2.69. The normalized spacial score (nSPS) is 16.9. The van der Waals surface area contributed by atoms with Crippen molar-refractivity contribution in [3.05, 3.63) is 106 Å². The first kappa shape index (κ1) is 16.0. The molecule has 0 fully saturated rings. The molecule has 1 heterocycles. The van der Waals surface area contributed by atoms with E-state index in [9.17, 15) is 0 Å². The van der Waals surface area contributed by atoms with Crippen LogP contribution in [0.1, 0.15) is 29.2 Å². The van der Waals surface area contributed by atoms with Crippen LogP contribution in [0.4, 0.5) is 0 Å². The summed E-state index contributed by atoms with van der Waals surface area (Å²) in [5.41, 5.74) is 4.51. The predicted octanol–water partition coefficient (Wildman–Crippen LogP) is 5.83. The lowest BCUT2D eigenvalue weighted by Gasteiger charge is -2.21. The lowest BCUT2D eigenvalue weighted by atomic mass is 9.96. The van der Waals surface area contributed by atoms with Crippen molar-refractivity contribution in [2.45, 2.75) is 12.5 Å². The number of rotatable bonds is 3. The van der Waals surface area contributed by atoms with Gasteiger partial charge in [-0.3, -0.25) is 4.99 Å². The molecular weight excluding hydrogens is 372 g/mol. The minimum absolute atomic E-state index is 0.0796. The van der Waals surface area contributed by atoms with E-state index in [1.807, 2.05) is 24.3 Å². The van der Waals surface area contributed by atoms with Gasteiger partial charge in [0.25, 0.3) is 0 Å². The van der Waals surface area contributed by atoms with Crippen LogP contribution in [0.25, 0.3) is 0 Å². The second kappa shape index (κ2) is 7.16. The third-order valence-electron chi connectivity index (χ3n) is 4.30. The van der Waals surface area contributed by atoms with E-state index >= 15 is 0 Å². The lowest BCUT2D eigenvalue weighted by Crippen LogP contribution is -2.17. The summed E-state index contributed by atoms with van der Waals surface area (Å²) in [4.78, 5) is 9.81. The molecule has 0 aromatic heterocycles. The van der Waals surface area contributed by atoms with Gasteiger partial charge in [0.2, 0.25) is 0 Å². The molecule has 4 rings (SSSR count). The summed E-state index contributed by atoms with van der Waals surface area (Å²) in [6.07, 6.45) is 0.808. The summed E-state index contributed by atoms with van der Waals surface area (Å²) < 4.78 is 1.08. The summed E-state index contributed by atoms with van der Waals surface area (Å²) in [5.74, 6) is 0.804. The van der Waals surface area contributed by atoms with Gasteiger partial charge in [-0.1, -0.05) is 88.7 Å². The van der Waals surface area contributed by atoms with Gasteiger partial charge in [-0.15, -0.1) is 0 Å². The predicted molar refractivity (Wildman–Crippen MR) is 107 cm³/mol. The van der Waals surface area contributed by atoms with Gasteiger partial charge in [-0.05, 0) is 23.3 Å². The van der Waals surface area contributed by atoms with Crippen molar-refractivity contribution in [3.8, 4) is 0 Å². The first-order valence-corrected chi connectivity index (χ1v) is 9.10. The topological polar surface area (TPSA) is 24.7 Å². The van der Waals surface area contributed by atoms with Crippen molar-refractivity contribution in [3.63, 3.8) is 0 Å². The summed E-state index contributed by atoms with van der Waals surface area (Å²) in [6, 6.07) is 29.1. The molecule has 0 amide bonds. The Balaban J connectivity index is 1.78. The quantitative estimate of drug-likeness (QED) is 0.539. The SMILES string of the molecule is Brc1ccc(C2CC(c3ccccc3)=NC(c3ccccc3)=N2)cc1. The zero-order valence-electron chi connectivity index (χ0n) is 13.6. The van der Waals surface area contributed by atoms with E-state index in [0.717, 1.165) is 33.6 Å². The standard InChI is InChI=1S/C22H17BrN2/c23-19-13-11-17(12-14-19)21-15-20(16-7-3-1-4-8-16)24-22(25-21)18-9-5-2-6-10-18/h1-14,21H,15H2. The summed E-state index contributed by atoms with van der Waals surface area (Å²) in [6.45, 7) is 0. The number of benzene rings is 3. The highest BCUT2D eigenvalue weighted by Crippen LogP contribution is 2.29. The number of hydrogen-bond donors (Lipinski definition) is 0. The largest absolute Gasteiger partial charge is 0.258 e. The second-order valence-corrected chi connectivity index (χ2v) is 6.93. The number of amidine groups is 1. The number of nitrogens with zero attached hydrogens (tertiary/aromatic N) is 2. The molecule has 1 unspecified atom stereocenters. The molecule has 0 saturated heterocycles. The molecule has 0 aliphatic carbocycles. The van der Waals surface area contributed by atoms with Crippen LogP contribution in [0, 0.1) is 0 Å². The van der Waals surface area contributed by atoms with Crippen LogP contribution in [-0.4, -0.2) is 11.5 Å². The highest BCUT2D eigenvalue weighted by molar-refractivity contribution is 9.10. The van der Waals surface area contributed by atoms with Gasteiger partial charge in [0.05, 0.1) is 11.8 Å². The van der Waals surface area contributed by atoms with Crippen molar-refractivity contribution in [2.24, 2.45) is 9.98 Å². The Morgan fingerprint density at radius 3 is 1.96 bits per heavy atom. The van der Waals surface area contributed by atoms with E-state index in [2.05, 4.69) is 76.6 Å². The molecule has 1 aliphatic rings. The van der Waals surface area contributed by atoms with Gasteiger partial charge in [0.1, 0.15) is 0 Å². The summed E-state index contributed by atoms with van der Waals surface area (Å²) in [5, 5.41) is 0. The van der Waals surface area contributed by atoms with Crippen LogP contribution >= 0.6 is 15.9 Å². The maximum absolute atomic E-state index is 4.94. The molecule has 0 saturated carbocycles. The van der Waals surface area contributed by atoms with Crippen molar-refractivity contribution >= 4 is 27.5 Å². The summed E-state index contributed by atoms with van der Waals surface area (Å²) >= 11 is 3.51. The maximum atomic E-state index is 4.94. The van der Waals surface area contributed by atoms with Crippen LogP contribution in [0.15, 0.2) is 99.4 Å². The van der Waals surface area contributed by atoms with Gasteiger partial charge in [0.15, 0.2) is 5.84 Å². The van der Waals surface area contributed by atoms with Crippen LogP contribution in [0.3, 0.4) is 0 Å². The fourth-order valence-corrected chi connectivity index (χ4v) is 3.26. The molecule has 122 valence electrons. The molecule has 3 aromatic carbocycles. The summed E-state index contributed by atoms with van der Waals surface area (Å²) in [7, 11) is 0. The van der Waals surface area contributed by atoms with E-state index in [0.29, 0.717) is 0 Å². The van der Waals surface area contributed by atoms with Crippen LogP contribution in [-0.2, 0) is 0 Å². The minimum Gasteiger partial charge on any atom is -0.258 e. The molecule has 25 heavy (non-hydrogen) atoms. The van der Waals surface area contributed by atoms with E-state index < -0.39 is 0 Å². The highest BCUT2D eigenvalue weighted by atomic mass is 79.9. The zero-order valence-corrected chi connectivity index (χ0v) is 15.2. The van der Waals surface area contributed by atoms with Gasteiger partial charge in [-0.2, -0.15) is 0 Å². The Kier molecular flexibility index (Phi) is 4.57. The van der Waals surface area contributed by atoms with Crippen LogP contribution in [0.5, 0.6) is 0 Å². The van der Waals surface area contributed by atoms with E-state index in [1.54, 1.807) is 0 Å². The Labute approximate surface area is 156 Å². The molecule has 1 atom stereocenters. The molecule has 1 aliphatic heterocycles. The fourth-order valence-electron chi connectivity index (χ4n) is 3.00. The van der Waals surface area contributed by atoms with Crippen molar-refractivity contribution in [1.29, 1.82) is 0 Å². The average molecular weight is 389 g/mol. The Morgan fingerprint density at radius 2 is 1.32 bits per heavy atom. The lowest BCUT2D eigenvalue weighted by molar-refractivity contribution is 0.753. The first-order valence-electron chi connectivity index (χ1n) is 8.31. The molecule has 3 aromatic rings. The zero-order chi connectivity index (χ0) is 17.1. The third-order valence-corrected chi connectivity index (χ3v) is 4.83. The van der Waals surface area contributed by atoms with E-state index in [-0.39, 0.29) is 6.04 Å². The molecule has 0 N–H and O–H groups in total. The maximum Gasteiger partial charge on any atom is 0.155 e. The van der Waals surface area contributed by atoms with E-state index in [1.165, 1.54) is 5.56 Å². The first-order chi connectivity index (χ1) is 12.3. The van der Waals surface area contributed by atoms with Crippen LogP contribution < -0.4 is 0 Å². The smallest absolute Gasteiger partial charge is 0.155 e. The number of hydrogen-bond acceptors (Lipinski definition) is 2. The Hall–Kier alpha value is -2.52. The second-order valence-electron chi connectivity index (χ2n) is 6.01. The number of aliphatic imine (C=N–C) groups is 2. The molecule has 0 spiro atoms. The minimum atomic E-state index is 0.0796. The number of halogens is 1. The Morgan fingerprint density at radius 1 is 0.720 bits per heavy atom. The molecular formula is C22H17BrN2. The monoisotopic (exact) mass is 388 g/mol. The molecule has 3 heteroatoms. The van der Waals surface area contributed by atoms with Gasteiger partial charge >= 0.3 is 0 Å². The highest BCUT2D eigenvalue weighted by Gasteiger charge is 2.21. The molecule has 2 nitrogen and oxygen atoms in total. The third kappa shape index (κ3) is 3.62. The van der Waals surface area contributed by atoms with Crippen LogP contribution in [0.2, 0.25) is 0 Å². The van der Waals surface area contributed by atoms with Crippen molar-refractivity contribution < 1.29 is 0 Å². The van der Waals surface area contributed by atoms with Gasteiger partial charge < -0.3 is 0 Å². The molecule has 0 radical (unpaired) electrons. The van der Waals surface area contributed by atoms with E-state index in [4.69, 9.17) is 9.98 Å². The van der Waals surface area contributed by atoms with Gasteiger partial charge in [-0.25, -0.2) is 4.99 Å². The van der Waals surface area contributed by atoms with Gasteiger partial charge in [0, 0.05) is 16.5 Å². The fraction of sp³-hybridized carbons (Fsp3) is 0.0909. The Bertz CT molecular complexity index is 913.